The van der Waals surface area contributed by atoms with E-state index < -0.39 is 50.2 Å². The van der Waals surface area contributed by atoms with Crippen LogP contribution >= 0.6 is 0 Å². The lowest BCUT2D eigenvalue weighted by Gasteiger charge is -2.45. The molecule has 0 aliphatic carbocycles. The van der Waals surface area contributed by atoms with Gasteiger partial charge in [0.2, 0.25) is 0 Å². The van der Waals surface area contributed by atoms with E-state index in [9.17, 15) is 19.8 Å². The Labute approximate surface area is 211 Å². The number of H-pyrrole nitrogens is 1. The van der Waals surface area contributed by atoms with E-state index in [-0.39, 0.29) is 5.04 Å². The maximum atomic E-state index is 12.4. The maximum absolute atomic E-state index is 12.4. The second-order valence-corrected chi connectivity index (χ2v) is 14.7. The number of aromatic amines is 1. The van der Waals surface area contributed by atoms with Gasteiger partial charge in [-0.15, -0.1) is 0 Å². The molecule has 2 aromatic carbocycles. The number of nitrogens with zero attached hydrogens (tertiary/aromatic N) is 1. The van der Waals surface area contributed by atoms with Gasteiger partial charge in [0.15, 0.2) is 6.23 Å². The average Bonchev–Trinajstić information content (AvgIpc) is 3.14. The van der Waals surface area contributed by atoms with Gasteiger partial charge in [-0.05, 0) is 29.3 Å². The minimum atomic E-state index is -2.95. The first-order valence-electron chi connectivity index (χ1n) is 12.1. The molecule has 9 heteroatoms. The molecule has 3 aromatic rings. The molecule has 0 bridgehead atoms. The van der Waals surface area contributed by atoms with Crippen LogP contribution in [0.5, 0.6) is 0 Å². The number of aryl methyl sites for hydroxylation is 1. The lowest BCUT2D eigenvalue weighted by atomic mass is 10.1. The molecule has 1 aromatic heterocycles. The van der Waals surface area contributed by atoms with Gasteiger partial charge < -0.3 is 19.4 Å². The lowest BCUT2D eigenvalue weighted by Crippen LogP contribution is -2.68. The molecule has 0 spiro atoms. The minimum absolute atomic E-state index is 0.292. The SMILES string of the molecule is Cc1cn([C@@H]2O[C@H](C(C)O[Si](c3ccccc3)(c3ccccc3)C(C)(C)C)C(O)C2O)c(=O)[nH]c1=O. The highest BCUT2D eigenvalue weighted by Crippen LogP contribution is 2.39. The number of aliphatic hydroxyl groups excluding tert-OH is 2. The van der Waals surface area contributed by atoms with Crippen LogP contribution in [0, 0.1) is 6.92 Å². The third-order valence-corrected chi connectivity index (χ3v) is 12.1. The molecule has 4 rings (SSSR count). The summed E-state index contributed by atoms with van der Waals surface area (Å²) >= 11 is 0. The van der Waals surface area contributed by atoms with Crippen molar-refractivity contribution in [1.29, 1.82) is 0 Å². The van der Waals surface area contributed by atoms with Crippen molar-refractivity contribution < 1.29 is 19.4 Å². The van der Waals surface area contributed by atoms with Crippen LogP contribution in [-0.2, 0) is 9.16 Å². The van der Waals surface area contributed by atoms with E-state index in [1.165, 1.54) is 6.20 Å². The number of hydrogen-bond acceptors (Lipinski definition) is 6. The molecule has 0 radical (unpaired) electrons. The number of nitrogens with one attached hydrogen (secondary N) is 1. The summed E-state index contributed by atoms with van der Waals surface area (Å²) in [5.74, 6) is 0. The van der Waals surface area contributed by atoms with Crippen LogP contribution in [-0.4, -0.2) is 52.5 Å². The molecule has 5 atom stereocenters. The number of aromatic nitrogens is 2. The van der Waals surface area contributed by atoms with Crippen LogP contribution in [0.25, 0.3) is 0 Å². The lowest BCUT2D eigenvalue weighted by molar-refractivity contribution is -0.0759. The Balaban J connectivity index is 1.74. The van der Waals surface area contributed by atoms with E-state index in [1.807, 2.05) is 43.3 Å². The zero-order valence-electron chi connectivity index (χ0n) is 21.2. The summed E-state index contributed by atoms with van der Waals surface area (Å²) in [6.45, 7) is 9.83. The van der Waals surface area contributed by atoms with Crippen molar-refractivity contribution in [3.63, 3.8) is 0 Å². The normalized spacial score (nSPS) is 23.5. The zero-order valence-corrected chi connectivity index (χ0v) is 22.2. The highest BCUT2D eigenvalue weighted by molar-refractivity contribution is 6.99. The molecule has 8 nitrogen and oxygen atoms in total. The van der Waals surface area contributed by atoms with E-state index in [2.05, 4.69) is 50.0 Å². The summed E-state index contributed by atoms with van der Waals surface area (Å²) < 4.78 is 14.2. The van der Waals surface area contributed by atoms with Gasteiger partial charge in [0.05, 0.1) is 6.10 Å². The molecule has 0 amide bonds. The first-order chi connectivity index (χ1) is 17.0. The number of benzene rings is 2. The third-order valence-electron chi connectivity index (χ3n) is 6.94. The summed E-state index contributed by atoms with van der Waals surface area (Å²) in [6.07, 6.45) is -4.07. The van der Waals surface area contributed by atoms with E-state index in [1.54, 1.807) is 6.92 Å². The molecule has 3 N–H and O–H groups in total. The maximum Gasteiger partial charge on any atom is 0.330 e. The molecule has 3 unspecified atom stereocenters. The van der Waals surface area contributed by atoms with Crippen molar-refractivity contribution in [2.75, 3.05) is 0 Å². The van der Waals surface area contributed by atoms with Crippen LogP contribution in [0.1, 0.15) is 39.5 Å². The predicted octanol–water partition coefficient (Wildman–Crippen LogP) is 1.43. The fraction of sp³-hybridized carbons (Fsp3) is 0.407. The number of rotatable bonds is 6. The second-order valence-electron chi connectivity index (χ2n) is 10.4. The molecule has 192 valence electrons. The summed E-state index contributed by atoms with van der Waals surface area (Å²) in [7, 11) is -2.95. The van der Waals surface area contributed by atoms with Gasteiger partial charge in [0.25, 0.3) is 13.9 Å². The van der Waals surface area contributed by atoms with Crippen LogP contribution in [0.4, 0.5) is 0 Å². The number of ether oxygens (including phenoxy) is 1. The van der Waals surface area contributed by atoms with Crippen molar-refractivity contribution in [3.8, 4) is 0 Å². The molecule has 1 fully saturated rings. The summed E-state index contributed by atoms with van der Waals surface area (Å²) in [5.41, 5.74) is -0.938. The first-order valence-corrected chi connectivity index (χ1v) is 14.0. The predicted molar refractivity (Wildman–Crippen MR) is 140 cm³/mol. The van der Waals surface area contributed by atoms with Crippen molar-refractivity contribution in [3.05, 3.63) is 93.3 Å². The standard InChI is InChI=1S/C27H34N2O6Si/c1-17-16-29(26(33)28-24(17)32)25-22(31)21(30)23(34-25)18(2)35-36(27(3,4)5,19-12-8-6-9-13-19)20-14-10-7-11-15-20/h6-16,18,21-23,25,30-31H,1-5H3,(H,28,32,33)/t18?,21?,22?,23-,25-/m1/s1. The Morgan fingerprint density at radius 1 is 0.972 bits per heavy atom. The number of hydrogen-bond donors (Lipinski definition) is 3. The van der Waals surface area contributed by atoms with E-state index in [0.29, 0.717) is 5.56 Å². The summed E-state index contributed by atoms with van der Waals surface area (Å²) in [6, 6.07) is 20.2. The van der Waals surface area contributed by atoms with Crippen molar-refractivity contribution >= 4 is 18.7 Å². The fourth-order valence-corrected chi connectivity index (χ4v) is 9.82. The van der Waals surface area contributed by atoms with Gasteiger partial charge in [-0.2, -0.15) is 0 Å². The van der Waals surface area contributed by atoms with E-state index in [4.69, 9.17) is 9.16 Å². The van der Waals surface area contributed by atoms with Gasteiger partial charge in [0.1, 0.15) is 18.3 Å². The van der Waals surface area contributed by atoms with Gasteiger partial charge in [-0.1, -0.05) is 81.4 Å². The Morgan fingerprint density at radius 2 is 1.50 bits per heavy atom. The highest BCUT2D eigenvalue weighted by Gasteiger charge is 2.54. The van der Waals surface area contributed by atoms with Crippen LogP contribution in [0.15, 0.2) is 76.4 Å². The van der Waals surface area contributed by atoms with Crippen molar-refractivity contribution in [2.24, 2.45) is 0 Å². The van der Waals surface area contributed by atoms with Gasteiger partial charge >= 0.3 is 5.69 Å². The van der Waals surface area contributed by atoms with Crippen LogP contribution in [0.3, 0.4) is 0 Å². The Bertz CT molecular complexity index is 1260. The smallest absolute Gasteiger partial charge is 0.330 e. The Kier molecular flexibility index (Phi) is 7.23. The molecular formula is C27H34N2O6Si. The Hall–Kier alpha value is -2.82. The molecular weight excluding hydrogens is 476 g/mol. The number of aliphatic hydroxyl groups is 2. The topological polar surface area (TPSA) is 114 Å². The quantitative estimate of drug-likeness (QED) is 0.433. The molecule has 1 aliphatic rings. The summed E-state index contributed by atoms with van der Waals surface area (Å²) in [5, 5.41) is 23.7. The zero-order chi connectivity index (χ0) is 26.3. The minimum Gasteiger partial charge on any atom is -0.402 e. The molecule has 36 heavy (non-hydrogen) atoms. The Morgan fingerprint density at radius 3 is 2.00 bits per heavy atom. The molecule has 1 aliphatic heterocycles. The van der Waals surface area contributed by atoms with Crippen LogP contribution < -0.4 is 21.6 Å². The largest absolute Gasteiger partial charge is 0.402 e. The molecule has 2 heterocycles. The second kappa shape index (κ2) is 9.91. The fourth-order valence-electron chi connectivity index (χ4n) is 5.12. The molecule has 0 saturated carbocycles. The monoisotopic (exact) mass is 510 g/mol. The van der Waals surface area contributed by atoms with Gasteiger partial charge in [-0.25, -0.2) is 4.79 Å². The van der Waals surface area contributed by atoms with Crippen molar-refractivity contribution in [2.45, 2.75) is 70.3 Å². The van der Waals surface area contributed by atoms with E-state index in [0.717, 1.165) is 14.9 Å². The van der Waals surface area contributed by atoms with Gasteiger partial charge in [-0.3, -0.25) is 14.3 Å². The molecule has 1 saturated heterocycles. The van der Waals surface area contributed by atoms with E-state index >= 15 is 0 Å². The highest BCUT2D eigenvalue weighted by atomic mass is 28.4. The van der Waals surface area contributed by atoms with Crippen molar-refractivity contribution in [1.82, 2.24) is 9.55 Å². The first kappa shape index (κ1) is 26.2. The average molecular weight is 511 g/mol. The van der Waals surface area contributed by atoms with Crippen LogP contribution in [0.2, 0.25) is 5.04 Å². The third kappa shape index (κ3) is 4.53. The summed E-state index contributed by atoms with van der Waals surface area (Å²) in [4.78, 5) is 26.5. The van der Waals surface area contributed by atoms with Gasteiger partial charge in [0, 0.05) is 11.8 Å².